The van der Waals surface area contributed by atoms with Gasteiger partial charge >= 0.3 is 0 Å². The molecule has 4 nitrogen and oxygen atoms in total. The van der Waals surface area contributed by atoms with Crippen LogP contribution in [0.2, 0.25) is 0 Å². The number of carbonyl (C=O) groups is 1. The summed E-state index contributed by atoms with van der Waals surface area (Å²) in [7, 11) is 1.54. The zero-order valence-electron chi connectivity index (χ0n) is 12.1. The van der Waals surface area contributed by atoms with Crippen molar-refractivity contribution in [2.24, 2.45) is 5.73 Å². The van der Waals surface area contributed by atoms with Crippen LogP contribution in [0.4, 0.5) is 0 Å². The normalized spacial score (nSPS) is 17.3. The molecule has 1 aliphatic rings. The Kier molecular flexibility index (Phi) is 7.13. The van der Waals surface area contributed by atoms with Gasteiger partial charge in [0.25, 0.3) is 0 Å². The van der Waals surface area contributed by atoms with Gasteiger partial charge in [-0.25, -0.2) is 0 Å². The van der Waals surface area contributed by atoms with Crippen LogP contribution in [0.3, 0.4) is 0 Å². The lowest BCUT2D eigenvalue weighted by Gasteiger charge is -2.43. The van der Waals surface area contributed by atoms with Crippen molar-refractivity contribution >= 4 is 34.2 Å². The van der Waals surface area contributed by atoms with Crippen molar-refractivity contribution in [1.82, 2.24) is 5.32 Å². The smallest absolute Gasteiger partial charge is 0.239 e. The van der Waals surface area contributed by atoms with Crippen molar-refractivity contribution in [2.75, 3.05) is 20.3 Å². The Bertz CT molecular complexity index is 480. The molecule has 1 aromatic rings. The summed E-state index contributed by atoms with van der Waals surface area (Å²) in [4.78, 5) is 11.9. The number of ether oxygens (including phenoxy) is 1. The van der Waals surface area contributed by atoms with E-state index in [9.17, 15) is 4.79 Å². The monoisotopic (exact) mass is 376 g/mol. The number of hydrogen-bond acceptors (Lipinski definition) is 3. The first-order chi connectivity index (χ1) is 9.57. The molecule has 0 heterocycles. The average Bonchev–Trinajstić information content (AvgIpc) is 2.37. The van der Waals surface area contributed by atoms with E-state index >= 15 is 0 Å². The minimum absolute atomic E-state index is 0. The van der Waals surface area contributed by atoms with Gasteiger partial charge in [0, 0.05) is 23.5 Å². The molecule has 3 N–H and O–H groups in total. The van der Waals surface area contributed by atoms with Crippen molar-refractivity contribution in [1.29, 1.82) is 0 Å². The molecule has 1 aliphatic carbocycles. The van der Waals surface area contributed by atoms with Crippen LogP contribution >= 0.6 is 28.3 Å². The van der Waals surface area contributed by atoms with Crippen LogP contribution in [-0.2, 0) is 14.9 Å². The molecule has 0 bridgehead atoms. The highest BCUT2D eigenvalue weighted by atomic mass is 79.9. The molecule has 118 valence electrons. The van der Waals surface area contributed by atoms with Gasteiger partial charge in [-0.2, -0.15) is 0 Å². The number of nitrogens with one attached hydrogen (secondary N) is 1. The van der Waals surface area contributed by atoms with Crippen molar-refractivity contribution in [3.63, 3.8) is 0 Å². The van der Waals surface area contributed by atoms with Gasteiger partial charge in [0.15, 0.2) is 0 Å². The highest BCUT2D eigenvalue weighted by molar-refractivity contribution is 9.10. The Morgan fingerprint density at radius 1 is 1.52 bits per heavy atom. The van der Waals surface area contributed by atoms with Gasteiger partial charge in [-0.3, -0.25) is 4.79 Å². The van der Waals surface area contributed by atoms with E-state index in [1.165, 1.54) is 12.0 Å². The first-order valence-corrected chi connectivity index (χ1v) is 7.65. The fourth-order valence-electron chi connectivity index (χ4n) is 2.63. The Labute approximate surface area is 140 Å². The number of methoxy groups -OCH3 is 1. The van der Waals surface area contributed by atoms with Crippen LogP contribution in [0, 0.1) is 0 Å². The third kappa shape index (κ3) is 4.42. The first-order valence-electron chi connectivity index (χ1n) is 6.86. The fraction of sp³-hybridized carbons (Fsp3) is 0.533. The van der Waals surface area contributed by atoms with Gasteiger partial charge in [-0.05, 0) is 30.5 Å². The van der Waals surface area contributed by atoms with E-state index in [1.807, 2.05) is 12.1 Å². The van der Waals surface area contributed by atoms with Crippen molar-refractivity contribution in [2.45, 2.75) is 30.7 Å². The Morgan fingerprint density at radius 2 is 2.24 bits per heavy atom. The van der Waals surface area contributed by atoms with Gasteiger partial charge in [0.1, 0.15) is 6.04 Å². The second kappa shape index (κ2) is 8.13. The standard InChI is InChI=1S/C15H21BrN2O2.ClH/c1-20-9-13(17)14(19)18-10-15(6-3-7-15)11-4-2-5-12(16)8-11;/h2,4-5,8,13H,3,6-7,9-10,17H2,1H3,(H,18,19);1H. The molecule has 6 heteroatoms. The summed E-state index contributed by atoms with van der Waals surface area (Å²) in [5, 5.41) is 2.97. The predicted octanol–water partition coefficient (Wildman–Crippen LogP) is 2.38. The summed E-state index contributed by atoms with van der Waals surface area (Å²) in [5.41, 5.74) is 7.07. The lowest BCUT2D eigenvalue weighted by molar-refractivity contribution is -0.123. The van der Waals surface area contributed by atoms with Crippen molar-refractivity contribution < 1.29 is 9.53 Å². The van der Waals surface area contributed by atoms with Crippen LogP contribution in [0.25, 0.3) is 0 Å². The number of halogens is 2. The molecule has 0 saturated heterocycles. The maximum Gasteiger partial charge on any atom is 0.239 e. The van der Waals surface area contributed by atoms with Crippen molar-refractivity contribution in [3.05, 3.63) is 34.3 Å². The van der Waals surface area contributed by atoms with E-state index in [4.69, 9.17) is 10.5 Å². The molecule has 1 amide bonds. The predicted molar refractivity (Wildman–Crippen MR) is 89.8 cm³/mol. The lowest BCUT2D eigenvalue weighted by Crippen LogP contribution is -2.50. The molecule has 1 saturated carbocycles. The van der Waals surface area contributed by atoms with Crippen LogP contribution in [-0.4, -0.2) is 32.2 Å². The van der Waals surface area contributed by atoms with Crippen LogP contribution < -0.4 is 11.1 Å². The molecule has 1 atom stereocenters. The summed E-state index contributed by atoms with van der Waals surface area (Å²) in [6.45, 7) is 0.884. The average molecular weight is 378 g/mol. The Balaban J connectivity index is 0.00000220. The molecule has 1 unspecified atom stereocenters. The molecule has 1 fully saturated rings. The number of nitrogens with two attached hydrogens (primary N) is 1. The highest BCUT2D eigenvalue weighted by Gasteiger charge is 2.39. The van der Waals surface area contributed by atoms with E-state index in [2.05, 4.69) is 33.4 Å². The van der Waals surface area contributed by atoms with Gasteiger partial charge < -0.3 is 15.8 Å². The third-order valence-corrected chi connectivity index (χ3v) is 4.52. The molecular formula is C15H22BrClN2O2. The zero-order valence-corrected chi connectivity index (χ0v) is 14.5. The number of benzene rings is 1. The zero-order chi connectivity index (χ0) is 14.6. The molecular weight excluding hydrogens is 356 g/mol. The molecule has 1 aromatic carbocycles. The third-order valence-electron chi connectivity index (χ3n) is 4.03. The number of carbonyl (C=O) groups excluding carboxylic acids is 1. The van der Waals surface area contributed by atoms with E-state index < -0.39 is 6.04 Å². The summed E-state index contributed by atoms with van der Waals surface area (Å²) in [5.74, 6) is -0.145. The fourth-order valence-corrected chi connectivity index (χ4v) is 3.03. The lowest BCUT2D eigenvalue weighted by atomic mass is 9.64. The maximum absolute atomic E-state index is 11.9. The summed E-state index contributed by atoms with van der Waals surface area (Å²) in [6.07, 6.45) is 3.40. The Morgan fingerprint density at radius 3 is 2.76 bits per heavy atom. The molecule has 0 aliphatic heterocycles. The van der Waals surface area contributed by atoms with E-state index in [0.29, 0.717) is 6.54 Å². The molecule has 21 heavy (non-hydrogen) atoms. The molecule has 0 aromatic heterocycles. The number of hydrogen-bond donors (Lipinski definition) is 2. The maximum atomic E-state index is 11.9. The van der Waals surface area contributed by atoms with Gasteiger partial charge in [-0.1, -0.05) is 34.5 Å². The van der Waals surface area contributed by atoms with E-state index in [1.54, 1.807) is 7.11 Å². The molecule has 0 spiro atoms. The van der Waals surface area contributed by atoms with Gasteiger partial charge in [0.2, 0.25) is 5.91 Å². The van der Waals surface area contributed by atoms with E-state index in [0.717, 1.165) is 17.3 Å². The number of amides is 1. The second-order valence-corrected chi connectivity index (χ2v) is 6.34. The van der Waals surface area contributed by atoms with Crippen LogP contribution in [0.5, 0.6) is 0 Å². The quantitative estimate of drug-likeness (QED) is 0.800. The highest BCUT2D eigenvalue weighted by Crippen LogP contribution is 2.43. The minimum Gasteiger partial charge on any atom is -0.383 e. The molecule has 2 rings (SSSR count). The van der Waals surface area contributed by atoms with Crippen LogP contribution in [0.15, 0.2) is 28.7 Å². The second-order valence-electron chi connectivity index (χ2n) is 5.42. The summed E-state index contributed by atoms with van der Waals surface area (Å²) in [6, 6.07) is 7.73. The SMILES string of the molecule is COCC(N)C(=O)NCC1(c2cccc(Br)c2)CCC1.Cl. The van der Waals surface area contributed by atoms with Gasteiger partial charge in [0.05, 0.1) is 6.61 Å². The summed E-state index contributed by atoms with van der Waals surface area (Å²) < 4.78 is 5.98. The van der Waals surface area contributed by atoms with Crippen molar-refractivity contribution in [3.8, 4) is 0 Å². The largest absolute Gasteiger partial charge is 0.383 e. The summed E-state index contributed by atoms with van der Waals surface area (Å²) >= 11 is 3.51. The molecule has 0 radical (unpaired) electrons. The number of rotatable bonds is 6. The van der Waals surface area contributed by atoms with Crippen LogP contribution in [0.1, 0.15) is 24.8 Å². The van der Waals surface area contributed by atoms with Gasteiger partial charge in [-0.15, -0.1) is 12.4 Å². The first kappa shape index (κ1) is 18.4. The Hall–Kier alpha value is -0.620. The topological polar surface area (TPSA) is 64.3 Å². The van der Waals surface area contributed by atoms with E-state index in [-0.39, 0.29) is 30.3 Å². The minimum atomic E-state index is -0.598.